The average Bonchev–Trinajstić information content (AvgIpc) is 2.86. The molecule has 0 aromatic carbocycles. The van der Waals surface area contributed by atoms with Gasteiger partial charge in [-0.25, -0.2) is 0 Å². The number of fused-ring (bicyclic) bond motifs is 1. The summed E-state index contributed by atoms with van der Waals surface area (Å²) in [5, 5.41) is 21.6. The number of aliphatic hydroxyl groups is 2. The highest BCUT2D eigenvalue weighted by atomic mass is 16.6. The zero-order valence-corrected chi connectivity index (χ0v) is 10.8. The van der Waals surface area contributed by atoms with Gasteiger partial charge in [-0.3, -0.25) is 0 Å². The van der Waals surface area contributed by atoms with Crippen LogP contribution >= 0.6 is 0 Å². The zero-order valence-electron chi connectivity index (χ0n) is 10.8. The summed E-state index contributed by atoms with van der Waals surface area (Å²) >= 11 is 0. The molecule has 0 unspecified atom stereocenters. The summed E-state index contributed by atoms with van der Waals surface area (Å²) in [5.41, 5.74) is 0. The molecule has 0 aromatic heterocycles. The lowest BCUT2D eigenvalue weighted by atomic mass is 10.1. The first-order valence-electron chi connectivity index (χ1n) is 6.50. The maximum atomic E-state index is 9.16. The van der Waals surface area contributed by atoms with Crippen LogP contribution in [0, 0.1) is 0 Å². The topological polar surface area (TPSA) is 71.0 Å². The van der Waals surface area contributed by atoms with Crippen LogP contribution < -0.4 is 5.32 Å². The Balaban J connectivity index is 0.000000185. The number of nitrogens with one attached hydrogen (secondary N) is 1. The third kappa shape index (κ3) is 4.52. The van der Waals surface area contributed by atoms with E-state index in [1.165, 1.54) is 25.9 Å². The van der Waals surface area contributed by atoms with Crippen molar-refractivity contribution in [3.05, 3.63) is 0 Å². The van der Waals surface area contributed by atoms with Crippen molar-refractivity contribution in [1.29, 1.82) is 0 Å². The molecule has 0 aromatic rings. The number of rotatable bonds is 4. The smallest absolute Gasteiger partial charge is 0.114 e. The van der Waals surface area contributed by atoms with Gasteiger partial charge in [0.1, 0.15) is 24.4 Å². The van der Waals surface area contributed by atoms with Gasteiger partial charge in [-0.2, -0.15) is 0 Å². The van der Waals surface area contributed by atoms with E-state index in [2.05, 4.69) is 19.2 Å². The van der Waals surface area contributed by atoms with Crippen LogP contribution in [0.25, 0.3) is 0 Å². The molecule has 0 aliphatic carbocycles. The van der Waals surface area contributed by atoms with E-state index in [-0.39, 0.29) is 25.4 Å². The van der Waals surface area contributed by atoms with Gasteiger partial charge in [-0.1, -0.05) is 13.8 Å². The molecule has 2 fully saturated rings. The van der Waals surface area contributed by atoms with Gasteiger partial charge >= 0.3 is 0 Å². The number of hydrogen-bond acceptors (Lipinski definition) is 5. The molecule has 0 spiro atoms. The van der Waals surface area contributed by atoms with Crippen molar-refractivity contribution < 1.29 is 19.7 Å². The van der Waals surface area contributed by atoms with E-state index in [1.807, 2.05) is 0 Å². The van der Waals surface area contributed by atoms with Crippen LogP contribution in [0.1, 0.15) is 26.7 Å². The van der Waals surface area contributed by atoms with Gasteiger partial charge in [-0.05, 0) is 25.9 Å². The van der Waals surface area contributed by atoms with Crippen molar-refractivity contribution in [2.45, 2.75) is 51.1 Å². The Bertz CT molecular complexity index is 183. The summed E-state index contributed by atoms with van der Waals surface area (Å²) < 4.78 is 10.2. The van der Waals surface area contributed by atoms with Gasteiger partial charge in [0.05, 0.1) is 13.2 Å². The molecule has 0 bridgehead atoms. The van der Waals surface area contributed by atoms with Crippen molar-refractivity contribution >= 4 is 0 Å². The van der Waals surface area contributed by atoms with Gasteiger partial charge in [0.25, 0.3) is 0 Å². The highest BCUT2D eigenvalue weighted by Crippen LogP contribution is 2.26. The standard InChI is InChI=1S/C6H15N.C6H10O4/c1-3-5-7-6-4-2;7-3-1-9-6-4(8)2-10-5(3)6/h7H,3-6H2,1-2H3;3-8H,1-2H2/t;3-,4-,5-,6-/m.1/s1. The zero-order chi connectivity index (χ0) is 12.7. The molecule has 5 nitrogen and oxygen atoms in total. The van der Waals surface area contributed by atoms with E-state index in [4.69, 9.17) is 19.7 Å². The van der Waals surface area contributed by atoms with Gasteiger partial charge in [0.2, 0.25) is 0 Å². The normalized spacial score (nSPS) is 35.3. The van der Waals surface area contributed by atoms with Gasteiger partial charge in [0.15, 0.2) is 0 Å². The molecule has 4 atom stereocenters. The van der Waals surface area contributed by atoms with Crippen molar-refractivity contribution in [3.63, 3.8) is 0 Å². The Morgan fingerprint density at radius 3 is 1.71 bits per heavy atom. The molecular weight excluding hydrogens is 222 g/mol. The summed E-state index contributed by atoms with van der Waals surface area (Å²) in [6, 6.07) is 0. The molecular formula is C12H25NO4. The summed E-state index contributed by atoms with van der Waals surface area (Å²) in [5.74, 6) is 0. The minimum Gasteiger partial charge on any atom is -0.388 e. The Labute approximate surface area is 103 Å². The monoisotopic (exact) mass is 247 g/mol. The first-order chi connectivity index (χ1) is 8.20. The minimum atomic E-state index is -0.554. The van der Waals surface area contributed by atoms with Crippen LogP contribution in [0.4, 0.5) is 0 Å². The molecule has 5 heteroatoms. The van der Waals surface area contributed by atoms with Crippen LogP contribution in [-0.4, -0.2) is 60.9 Å². The lowest BCUT2D eigenvalue weighted by molar-refractivity contribution is 0.00205. The fraction of sp³-hybridized carbons (Fsp3) is 1.00. The number of aliphatic hydroxyl groups excluding tert-OH is 2. The van der Waals surface area contributed by atoms with Crippen molar-refractivity contribution in [2.24, 2.45) is 0 Å². The predicted molar refractivity (Wildman–Crippen MR) is 64.9 cm³/mol. The Morgan fingerprint density at radius 2 is 1.35 bits per heavy atom. The van der Waals surface area contributed by atoms with Crippen LogP contribution in [0.2, 0.25) is 0 Å². The Kier molecular flexibility index (Phi) is 6.99. The van der Waals surface area contributed by atoms with E-state index >= 15 is 0 Å². The SMILES string of the molecule is CCCNCCC.O[C@@H]1CO[C@H]2[C@@H]1OC[C@H]2O. The predicted octanol–water partition coefficient (Wildman–Crippen LogP) is -0.0982. The summed E-state index contributed by atoms with van der Waals surface area (Å²) in [7, 11) is 0. The van der Waals surface area contributed by atoms with Crippen molar-refractivity contribution in [2.75, 3.05) is 26.3 Å². The average molecular weight is 247 g/mol. The first-order valence-corrected chi connectivity index (χ1v) is 6.50. The molecule has 102 valence electrons. The third-order valence-electron chi connectivity index (χ3n) is 2.85. The molecule has 2 aliphatic rings. The molecule has 2 aliphatic heterocycles. The van der Waals surface area contributed by atoms with Crippen LogP contribution in [0.3, 0.4) is 0 Å². The fourth-order valence-corrected chi connectivity index (χ4v) is 1.94. The van der Waals surface area contributed by atoms with E-state index in [0.29, 0.717) is 0 Å². The number of hydrogen-bond donors (Lipinski definition) is 3. The van der Waals surface area contributed by atoms with Crippen molar-refractivity contribution in [1.82, 2.24) is 5.32 Å². The molecule has 0 radical (unpaired) electrons. The second-order valence-corrected chi connectivity index (χ2v) is 4.48. The van der Waals surface area contributed by atoms with E-state index in [1.54, 1.807) is 0 Å². The van der Waals surface area contributed by atoms with E-state index in [0.717, 1.165) is 0 Å². The van der Waals surface area contributed by atoms with Crippen LogP contribution in [0.5, 0.6) is 0 Å². The summed E-state index contributed by atoms with van der Waals surface area (Å²) in [4.78, 5) is 0. The Morgan fingerprint density at radius 1 is 0.941 bits per heavy atom. The fourth-order valence-electron chi connectivity index (χ4n) is 1.94. The van der Waals surface area contributed by atoms with Crippen molar-refractivity contribution in [3.8, 4) is 0 Å². The number of ether oxygens (including phenoxy) is 2. The molecule has 2 heterocycles. The second-order valence-electron chi connectivity index (χ2n) is 4.48. The van der Waals surface area contributed by atoms with Gasteiger partial charge in [-0.15, -0.1) is 0 Å². The lowest BCUT2D eigenvalue weighted by Gasteiger charge is -2.09. The minimum absolute atomic E-state index is 0.284. The quantitative estimate of drug-likeness (QED) is 0.605. The third-order valence-corrected chi connectivity index (χ3v) is 2.85. The van der Waals surface area contributed by atoms with Crippen LogP contribution in [-0.2, 0) is 9.47 Å². The maximum Gasteiger partial charge on any atom is 0.114 e. The summed E-state index contributed by atoms with van der Waals surface area (Å²) in [6.45, 7) is 7.28. The highest BCUT2D eigenvalue weighted by molar-refractivity contribution is 4.93. The molecule has 0 saturated carbocycles. The van der Waals surface area contributed by atoms with Gasteiger partial charge in [0, 0.05) is 0 Å². The molecule has 2 rings (SSSR count). The highest BCUT2D eigenvalue weighted by Gasteiger charge is 2.46. The molecule has 0 amide bonds. The first kappa shape index (κ1) is 14.9. The molecule has 3 N–H and O–H groups in total. The molecule has 2 saturated heterocycles. The summed E-state index contributed by atoms with van der Waals surface area (Å²) in [6.07, 6.45) is 0.800. The second kappa shape index (κ2) is 8.00. The van der Waals surface area contributed by atoms with E-state index in [9.17, 15) is 0 Å². The Hall–Kier alpha value is -0.200. The largest absolute Gasteiger partial charge is 0.388 e. The van der Waals surface area contributed by atoms with E-state index < -0.39 is 12.2 Å². The maximum absolute atomic E-state index is 9.16. The van der Waals surface area contributed by atoms with Crippen LogP contribution in [0.15, 0.2) is 0 Å². The van der Waals surface area contributed by atoms with Gasteiger partial charge < -0.3 is 25.0 Å². The molecule has 17 heavy (non-hydrogen) atoms. The lowest BCUT2D eigenvalue weighted by Crippen LogP contribution is -2.30.